The van der Waals surface area contributed by atoms with Gasteiger partial charge >= 0.3 is 0 Å². The molecule has 0 aromatic carbocycles. The van der Waals surface area contributed by atoms with Crippen LogP contribution in [0.1, 0.15) is 58.8 Å². The predicted molar refractivity (Wildman–Crippen MR) is 106 cm³/mol. The summed E-state index contributed by atoms with van der Waals surface area (Å²) in [6.45, 7) is 7.58. The first-order valence-electron chi connectivity index (χ1n) is 8.98. The van der Waals surface area contributed by atoms with Crippen molar-refractivity contribution in [2.75, 3.05) is 26.3 Å². The van der Waals surface area contributed by atoms with E-state index in [9.17, 15) is 5.11 Å². The first-order chi connectivity index (χ1) is 10.7. The lowest BCUT2D eigenvalue weighted by atomic mass is 9.93. The van der Waals surface area contributed by atoms with Gasteiger partial charge in [0.25, 0.3) is 0 Å². The molecule has 2 aliphatic rings. The highest BCUT2D eigenvalue weighted by atomic mass is 127. The molecule has 0 aliphatic heterocycles. The number of halogens is 1. The Hall–Kier alpha value is -0.0800. The van der Waals surface area contributed by atoms with Crippen LogP contribution in [0.2, 0.25) is 0 Å². The van der Waals surface area contributed by atoms with Crippen molar-refractivity contribution < 1.29 is 9.84 Å². The van der Waals surface area contributed by atoms with Crippen molar-refractivity contribution in [3.8, 4) is 0 Å². The Morgan fingerprint density at radius 3 is 2.48 bits per heavy atom. The zero-order valence-electron chi connectivity index (χ0n) is 14.6. The van der Waals surface area contributed by atoms with Gasteiger partial charge in [0.15, 0.2) is 5.96 Å². The lowest BCUT2D eigenvalue weighted by Crippen LogP contribution is -2.45. The molecule has 0 heterocycles. The van der Waals surface area contributed by atoms with Crippen LogP contribution in [0.5, 0.6) is 0 Å². The van der Waals surface area contributed by atoms with Crippen LogP contribution in [0.25, 0.3) is 0 Å². The van der Waals surface area contributed by atoms with E-state index in [2.05, 4.69) is 17.6 Å². The first-order valence-corrected chi connectivity index (χ1v) is 8.98. The van der Waals surface area contributed by atoms with Crippen LogP contribution in [0.15, 0.2) is 4.99 Å². The highest BCUT2D eigenvalue weighted by Crippen LogP contribution is 2.49. The Morgan fingerprint density at radius 2 is 1.91 bits per heavy atom. The predicted octanol–water partition coefficient (Wildman–Crippen LogP) is 2.67. The van der Waals surface area contributed by atoms with E-state index >= 15 is 0 Å². The standard InChI is InChI=1S/C17H33N3O2.HI/c1-3-18-16(20-14-5-7-15(21)8-6-14)19-13-17(9-10-17)11-12-22-4-2;/h14-15,21H,3-13H2,1-2H3,(H2,18,19,20);1H. The van der Waals surface area contributed by atoms with Gasteiger partial charge in [-0.25, -0.2) is 0 Å². The summed E-state index contributed by atoms with van der Waals surface area (Å²) < 4.78 is 5.49. The van der Waals surface area contributed by atoms with Gasteiger partial charge in [-0.1, -0.05) is 0 Å². The molecular weight excluding hydrogens is 405 g/mol. The van der Waals surface area contributed by atoms with Gasteiger partial charge < -0.3 is 20.5 Å². The van der Waals surface area contributed by atoms with Crippen LogP contribution in [-0.4, -0.2) is 49.5 Å². The van der Waals surface area contributed by atoms with Gasteiger partial charge in [0.1, 0.15) is 0 Å². The Morgan fingerprint density at radius 1 is 1.22 bits per heavy atom. The number of nitrogens with zero attached hydrogens (tertiary/aromatic N) is 1. The Balaban J connectivity index is 0.00000264. The second-order valence-corrected chi connectivity index (χ2v) is 6.79. The number of nitrogens with one attached hydrogen (secondary N) is 2. The minimum absolute atomic E-state index is 0. The van der Waals surface area contributed by atoms with E-state index in [1.165, 1.54) is 12.8 Å². The molecular formula is C17H34IN3O2. The minimum Gasteiger partial charge on any atom is -0.393 e. The van der Waals surface area contributed by atoms with E-state index in [1.807, 2.05) is 6.92 Å². The molecule has 0 aromatic rings. The summed E-state index contributed by atoms with van der Waals surface area (Å²) in [5.74, 6) is 0.937. The van der Waals surface area contributed by atoms with Crippen molar-refractivity contribution in [1.82, 2.24) is 10.6 Å². The van der Waals surface area contributed by atoms with Crippen LogP contribution < -0.4 is 10.6 Å². The van der Waals surface area contributed by atoms with Crippen molar-refractivity contribution in [3.63, 3.8) is 0 Å². The largest absolute Gasteiger partial charge is 0.393 e. The third-order valence-electron chi connectivity index (χ3n) is 4.89. The maximum atomic E-state index is 9.60. The molecule has 0 saturated heterocycles. The van der Waals surface area contributed by atoms with Crippen LogP contribution in [0.4, 0.5) is 0 Å². The van der Waals surface area contributed by atoms with Gasteiger partial charge in [-0.2, -0.15) is 0 Å². The highest BCUT2D eigenvalue weighted by molar-refractivity contribution is 14.0. The number of hydrogen-bond acceptors (Lipinski definition) is 3. The zero-order chi connectivity index (χ0) is 15.8. The van der Waals surface area contributed by atoms with Crippen molar-refractivity contribution in [2.24, 2.45) is 10.4 Å². The van der Waals surface area contributed by atoms with E-state index in [0.29, 0.717) is 11.5 Å². The van der Waals surface area contributed by atoms with Crippen molar-refractivity contribution in [2.45, 2.75) is 70.9 Å². The van der Waals surface area contributed by atoms with Crippen molar-refractivity contribution in [1.29, 1.82) is 0 Å². The first kappa shape index (κ1) is 21.0. The maximum Gasteiger partial charge on any atom is 0.191 e. The molecule has 23 heavy (non-hydrogen) atoms. The highest BCUT2D eigenvalue weighted by Gasteiger charge is 2.41. The van der Waals surface area contributed by atoms with Crippen molar-refractivity contribution in [3.05, 3.63) is 0 Å². The van der Waals surface area contributed by atoms with E-state index in [1.54, 1.807) is 0 Å². The number of aliphatic hydroxyl groups excluding tert-OH is 1. The average molecular weight is 439 g/mol. The quantitative estimate of drug-likeness (QED) is 0.236. The van der Waals surface area contributed by atoms with E-state index in [-0.39, 0.29) is 30.1 Å². The average Bonchev–Trinajstić information content (AvgIpc) is 3.28. The zero-order valence-corrected chi connectivity index (χ0v) is 17.0. The number of rotatable bonds is 8. The molecule has 0 spiro atoms. The molecule has 6 heteroatoms. The lowest BCUT2D eigenvalue weighted by Gasteiger charge is -2.28. The molecule has 5 nitrogen and oxygen atoms in total. The molecule has 0 atom stereocenters. The fourth-order valence-electron chi connectivity index (χ4n) is 3.08. The fourth-order valence-corrected chi connectivity index (χ4v) is 3.08. The number of ether oxygens (including phenoxy) is 1. The molecule has 2 saturated carbocycles. The molecule has 3 N–H and O–H groups in total. The second kappa shape index (κ2) is 10.7. The third kappa shape index (κ3) is 7.56. The summed E-state index contributed by atoms with van der Waals surface area (Å²) in [6.07, 6.45) is 7.43. The van der Waals surface area contributed by atoms with Crippen LogP contribution in [-0.2, 0) is 4.74 Å². The fraction of sp³-hybridized carbons (Fsp3) is 0.941. The van der Waals surface area contributed by atoms with Gasteiger partial charge in [0.2, 0.25) is 0 Å². The van der Waals surface area contributed by atoms with E-state index < -0.39 is 0 Å². The monoisotopic (exact) mass is 439 g/mol. The van der Waals surface area contributed by atoms with Crippen LogP contribution >= 0.6 is 24.0 Å². The van der Waals surface area contributed by atoms with Gasteiger partial charge in [-0.05, 0) is 64.2 Å². The van der Waals surface area contributed by atoms with Gasteiger partial charge in [0, 0.05) is 32.3 Å². The maximum absolute atomic E-state index is 9.60. The molecule has 0 amide bonds. The third-order valence-corrected chi connectivity index (χ3v) is 4.89. The minimum atomic E-state index is -0.106. The SMILES string of the molecule is CCNC(=NCC1(CCOCC)CC1)NC1CCC(O)CC1.I. The summed E-state index contributed by atoms with van der Waals surface area (Å²) in [5, 5.41) is 16.5. The van der Waals surface area contributed by atoms with E-state index in [4.69, 9.17) is 9.73 Å². The Bertz CT molecular complexity index is 354. The van der Waals surface area contributed by atoms with Crippen molar-refractivity contribution >= 4 is 29.9 Å². The van der Waals surface area contributed by atoms with E-state index in [0.717, 1.165) is 64.4 Å². The van der Waals surface area contributed by atoms with Crippen LogP contribution in [0, 0.1) is 5.41 Å². The summed E-state index contributed by atoms with van der Waals surface area (Å²) in [6, 6.07) is 0.444. The smallest absolute Gasteiger partial charge is 0.191 e. The summed E-state index contributed by atoms with van der Waals surface area (Å²) in [5.41, 5.74) is 0.389. The molecule has 2 aliphatic carbocycles. The lowest BCUT2D eigenvalue weighted by molar-refractivity contribution is 0.120. The Labute approximate surface area is 158 Å². The molecule has 0 radical (unpaired) electrons. The second-order valence-electron chi connectivity index (χ2n) is 6.79. The Kier molecular flexibility index (Phi) is 9.77. The topological polar surface area (TPSA) is 65.9 Å². The molecule has 2 rings (SSSR count). The van der Waals surface area contributed by atoms with Gasteiger partial charge in [-0.3, -0.25) is 4.99 Å². The number of aliphatic hydroxyl groups is 1. The van der Waals surface area contributed by atoms with Crippen LogP contribution in [0.3, 0.4) is 0 Å². The van der Waals surface area contributed by atoms with Gasteiger partial charge in [0.05, 0.1) is 6.10 Å². The molecule has 0 unspecified atom stereocenters. The number of aliphatic imine (C=N–C) groups is 1. The number of guanidine groups is 1. The summed E-state index contributed by atoms with van der Waals surface area (Å²) >= 11 is 0. The molecule has 136 valence electrons. The molecule has 0 aromatic heterocycles. The number of hydrogen-bond donors (Lipinski definition) is 3. The summed E-state index contributed by atoms with van der Waals surface area (Å²) in [7, 11) is 0. The normalized spacial score (nSPS) is 26.3. The molecule has 2 fully saturated rings. The summed E-state index contributed by atoms with van der Waals surface area (Å²) in [4.78, 5) is 4.82. The van der Waals surface area contributed by atoms with Gasteiger partial charge in [-0.15, -0.1) is 24.0 Å². The molecule has 0 bridgehead atoms.